The summed E-state index contributed by atoms with van der Waals surface area (Å²) in [6, 6.07) is 10.3. The van der Waals surface area contributed by atoms with Gasteiger partial charge in [-0.25, -0.2) is 13.8 Å². The minimum atomic E-state index is -4.39. The number of hydrogen-bond donors (Lipinski definition) is 1. The summed E-state index contributed by atoms with van der Waals surface area (Å²) in [5.41, 5.74) is 0.506. The second kappa shape index (κ2) is 7.23. The number of aromatic nitrogens is 3. The molecule has 0 aliphatic carbocycles. The molecular formula is C21H16F5N3O. The summed E-state index contributed by atoms with van der Waals surface area (Å²) >= 11 is 0. The van der Waals surface area contributed by atoms with Gasteiger partial charge < -0.3 is 9.55 Å². The third-order valence-corrected chi connectivity index (χ3v) is 5.10. The number of rotatable bonds is 4. The van der Waals surface area contributed by atoms with Gasteiger partial charge >= 0.3 is 6.18 Å². The molecule has 2 aromatic carbocycles. The lowest BCUT2D eigenvalue weighted by Crippen LogP contribution is -2.23. The van der Waals surface area contributed by atoms with Crippen LogP contribution in [0.15, 0.2) is 47.3 Å². The molecule has 156 valence electrons. The van der Waals surface area contributed by atoms with Crippen LogP contribution >= 0.6 is 0 Å². The Balaban J connectivity index is 1.88. The maximum Gasteiger partial charge on any atom is 0.391 e. The van der Waals surface area contributed by atoms with Gasteiger partial charge in [-0.2, -0.15) is 13.2 Å². The molecule has 0 fully saturated rings. The lowest BCUT2D eigenvalue weighted by atomic mass is 10.1. The van der Waals surface area contributed by atoms with E-state index >= 15 is 0 Å². The Hall–Kier alpha value is -3.23. The quantitative estimate of drug-likeness (QED) is 0.475. The molecule has 4 rings (SSSR count). The van der Waals surface area contributed by atoms with Crippen molar-refractivity contribution in [1.29, 1.82) is 0 Å². The molecule has 30 heavy (non-hydrogen) atoms. The Morgan fingerprint density at radius 1 is 1.13 bits per heavy atom. The predicted octanol–water partition coefficient (Wildman–Crippen LogP) is 4.95. The lowest BCUT2D eigenvalue weighted by molar-refractivity contribution is -0.169. The van der Waals surface area contributed by atoms with Gasteiger partial charge in [0.15, 0.2) is 11.6 Å². The van der Waals surface area contributed by atoms with E-state index in [-0.39, 0.29) is 29.7 Å². The van der Waals surface area contributed by atoms with Crippen LogP contribution in [-0.2, 0) is 13.0 Å². The number of imidazole rings is 1. The summed E-state index contributed by atoms with van der Waals surface area (Å²) in [6.45, 7) is 1.05. The molecule has 9 heteroatoms. The van der Waals surface area contributed by atoms with Crippen molar-refractivity contribution in [2.45, 2.75) is 26.1 Å². The summed E-state index contributed by atoms with van der Waals surface area (Å²) in [5, 5.41) is 0.265. The number of fused-ring (bicyclic) bond motifs is 2. The molecule has 0 aliphatic heterocycles. The van der Waals surface area contributed by atoms with Crippen LogP contribution in [0.4, 0.5) is 22.0 Å². The Bertz CT molecular complexity index is 1310. The molecule has 0 bridgehead atoms. The molecule has 2 aromatic heterocycles. The van der Waals surface area contributed by atoms with Gasteiger partial charge in [-0.05, 0) is 29.8 Å². The number of para-hydroxylation sites is 2. The maximum absolute atomic E-state index is 14.2. The summed E-state index contributed by atoms with van der Waals surface area (Å²) in [6.07, 6.45) is -4.75. The topological polar surface area (TPSA) is 50.7 Å². The van der Waals surface area contributed by atoms with Crippen molar-refractivity contribution < 1.29 is 22.0 Å². The predicted molar refractivity (Wildman–Crippen MR) is 102 cm³/mol. The second-order valence-electron chi connectivity index (χ2n) is 7.19. The molecule has 0 amide bonds. The van der Waals surface area contributed by atoms with Crippen LogP contribution in [0, 0.1) is 17.6 Å². The first-order chi connectivity index (χ1) is 14.1. The highest BCUT2D eigenvalue weighted by molar-refractivity contribution is 5.83. The van der Waals surface area contributed by atoms with E-state index in [2.05, 4.69) is 9.97 Å². The van der Waals surface area contributed by atoms with E-state index in [0.717, 1.165) is 13.0 Å². The third-order valence-electron chi connectivity index (χ3n) is 5.10. The van der Waals surface area contributed by atoms with Gasteiger partial charge in [0.05, 0.1) is 29.0 Å². The maximum atomic E-state index is 14.2. The smallest absolute Gasteiger partial charge is 0.323 e. The number of aromatic amines is 1. The number of nitrogens with zero attached hydrogens (tertiary/aromatic N) is 2. The fraction of sp³-hybridized carbons (Fsp3) is 0.238. The van der Waals surface area contributed by atoms with Crippen LogP contribution in [-0.4, -0.2) is 20.7 Å². The molecule has 1 N–H and O–H groups in total. The molecule has 0 radical (unpaired) electrons. The number of nitrogens with one attached hydrogen (secondary N) is 1. The summed E-state index contributed by atoms with van der Waals surface area (Å²) < 4.78 is 68.8. The second-order valence-corrected chi connectivity index (χ2v) is 7.19. The molecule has 0 saturated carbocycles. The molecule has 4 aromatic rings. The zero-order chi connectivity index (χ0) is 21.6. The zero-order valence-electron chi connectivity index (χ0n) is 15.7. The number of hydrogen-bond acceptors (Lipinski definition) is 2. The third kappa shape index (κ3) is 3.55. The zero-order valence-corrected chi connectivity index (χ0v) is 15.7. The average molecular weight is 421 g/mol. The largest absolute Gasteiger partial charge is 0.391 e. The molecule has 1 atom stereocenters. The van der Waals surface area contributed by atoms with Crippen LogP contribution < -0.4 is 5.56 Å². The van der Waals surface area contributed by atoms with Crippen molar-refractivity contribution >= 4 is 21.9 Å². The first kappa shape index (κ1) is 20.1. The van der Waals surface area contributed by atoms with Crippen LogP contribution in [0.3, 0.4) is 0 Å². The van der Waals surface area contributed by atoms with E-state index in [9.17, 15) is 26.7 Å². The molecule has 2 heterocycles. The highest BCUT2D eigenvalue weighted by Crippen LogP contribution is 2.30. The van der Waals surface area contributed by atoms with Crippen LogP contribution in [0.5, 0.6) is 0 Å². The minimum Gasteiger partial charge on any atom is -0.323 e. The van der Waals surface area contributed by atoms with Crippen molar-refractivity contribution in [3.05, 3.63) is 75.8 Å². The van der Waals surface area contributed by atoms with Crippen molar-refractivity contribution in [3.8, 4) is 0 Å². The summed E-state index contributed by atoms with van der Waals surface area (Å²) in [5.74, 6) is -3.73. The molecule has 0 aliphatic rings. The SMILES string of the molecule is CC(Cc1nc2ccccc2n1Cc1cc(=O)[nH]c2c(F)c(F)ccc12)C(F)(F)F. The van der Waals surface area contributed by atoms with Crippen molar-refractivity contribution in [3.63, 3.8) is 0 Å². The summed E-state index contributed by atoms with van der Waals surface area (Å²) in [7, 11) is 0. The van der Waals surface area contributed by atoms with E-state index < -0.39 is 29.3 Å². The van der Waals surface area contributed by atoms with E-state index in [4.69, 9.17) is 0 Å². The van der Waals surface area contributed by atoms with E-state index in [1.807, 2.05) is 0 Å². The average Bonchev–Trinajstić information content (AvgIpc) is 3.01. The number of pyridine rings is 1. The highest BCUT2D eigenvalue weighted by atomic mass is 19.4. The van der Waals surface area contributed by atoms with E-state index in [0.29, 0.717) is 16.6 Å². The Labute approximate surface area is 167 Å². The first-order valence-corrected chi connectivity index (χ1v) is 9.16. The normalized spacial score (nSPS) is 13.3. The number of H-pyrrole nitrogens is 1. The lowest BCUT2D eigenvalue weighted by Gasteiger charge is -2.17. The Morgan fingerprint density at radius 2 is 1.87 bits per heavy atom. The van der Waals surface area contributed by atoms with E-state index in [1.54, 1.807) is 28.8 Å². The summed E-state index contributed by atoms with van der Waals surface area (Å²) in [4.78, 5) is 18.7. The van der Waals surface area contributed by atoms with Crippen molar-refractivity contribution in [1.82, 2.24) is 14.5 Å². The van der Waals surface area contributed by atoms with Crippen molar-refractivity contribution in [2.75, 3.05) is 0 Å². The highest BCUT2D eigenvalue weighted by Gasteiger charge is 2.37. The van der Waals surface area contributed by atoms with Gasteiger partial charge in [-0.15, -0.1) is 0 Å². The van der Waals surface area contributed by atoms with Crippen molar-refractivity contribution in [2.24, 2.45) is 5.92 Å². The van der Waals surface area contributed by atoms with Gasteiger partial charge in [-0.1, -0.05) is 19.1 Å². The first-order valence-electron chi connectivity index (χ1n) is 9.16. The molecule has 1 unspecified atom stereocenters. The Kier molecular flexibility index (Phi) is 4.83. The van der Waals surface area contributed by atoms with Gasteiger partial charge in [0.1, 0.15) is 5.82 Å². The Morgan fingerprint density at radius 3 is 2.60 bits per heavy atom. The molecule has 0 spiro atoms. The van der Waals surface area contributed by atoms with Gasteiger partial charge in [-0.3, -0.25) is 4.79 Å². The van der Waals surface area contributed by atoms with E-state index in [1.165, 1.54) is 12.1 Å². The van der Waals surface area contributed by atoms with Gasteiger partial charge in [0.25, 0.3) is 0 Å². The minimum absolute atomic E-state index is 0.0219. The molecule has 4 nitrogen and oxygen atoms in total. The number of alkyl halides is 3. The van der Waals surface area contributed by atoms with Gasteiger partial charge in [0, 0.05) is 17.9 Å². The van der Waals surface area contributed by atoms with Crippen LogP contribution in [0.1, 0.15) is 18.3 Å². The molecular weight excluding hydrogens is 405 g/mol. The number of halogens is 5. The molecule has 0 saturated heterocycles. The number of benzene rings is 2. The fourth-order valence-electron chi connectivity index (χ4n) is 3.48. The fourth-order valence-corrected chi connectivity index (χ4v) is 3.48. The van der Waals surface area contributed by atoms with Crippen LogP contribution in [0.2, 0.25) is 0 Å². The van der Waals surface area contributed by atoms with Gasteiger partial charge in [0.2, 0.25) is 5.56 Å². The van der Waals surface area contributed by atoms with Crippen LogP contribution in [0.25, 0.3) is 21.9 Å². The monoisotopic (exact) mass is 421 g/mol. The standard InChI is InChI=1S/C21H16F5N3O/c1-11(21(24,25)26)8-17-27-15-4-2-3-5-16(15)29(17)10-12-9-18(30)28-20-13(12)6-7-14(22)19(20)23/h2-7,9,11H,8,10H2,1H3,(H,28,30).